The van der Waals surface area contributed by atoms with Crippen LogP contribution in [0.25, 0.3) is 16.8 Å². The first kappa shape index (κ1) is 20.8. The first-order valence-electron chi connectivity index (χ1n) is 10.7. The normalized spacial score (nSPS) is 12.1. The van der Waals surface area contributed by atoms with Crippen molar-refractivity contribution >= 4 is 11.6 Å². The van der Waals surface area contributed by atoms with Crippen LogP contribution in [-0.2, 0) is 11.2 Å². The summed E-state index contributed by atoms with van der Waals surface area (Å²) in [6, 6.07) is 20.2. The zero-order valence-corrected chi connectivity index (χ0v) is 18.5. The second-order valence-electron chi connectivity index (χ2n) is 8.02. The van der Waals surface area contributed by atoms with E-state index in [2.05, 4.69) is 24.4 Å². The molecule has 0 saturated heterocycles. The quantitative estimate of drug-likeness (QED) is 0.477. The Morgan fingerprint density at radius 1 is 0.968 bits per heavy atom. The van der Waals surface area contributed by atoms with E-state index < -0.39 is 0 Å². The third-order valence-corrected chi connectivity index (χ3v) is 5.84. The number of aromatic nitrogens is 3. The van der Waals surface area contributed by atoms with Gasteiger partial charge in [-0.2, -0.15) is 5.10 Å². The van der Waals surface area contributed by atoms with Crippen molar-refractivity contribution in [2.45, 2.75) is 46.6 Å². The van der Waals surface area contributed by atoms with Crippen LogP contribution in [-0.4, -0.2) is 20.5 Å². The summed E-state index contributed by atoms with van der Waals surface area (Å²) in [5.74, 6) is 0.0388. The molecule has 2 aromatic heterocycles. The van der Waals surface area contributed by atoms with Crippen LogP contribution in [0.15, 0.2) is 60.7 Å². The molecule has 0 fully saturated rings. The largest absolute Gasteiger partial charge is 0.350 e. The lowest BCUT2D eigenvalue weighted by molar-refractivity contribution is -0.121. The van der Waals surface area contributed by atoms with Crippen LogP contribution >= 0.6 is 0 Å². The highest BCUT2D eigenvalue weighted by molar-refractivity contribution is 5.80. The summed E-state index contributed by atoms with van der Waals surface area (Å²) in [4.78, 5) is 17.5. The molecule has 158 valence electrons. The second-order valence-corrected chi connectivity index (χ2v) is 8.02. The number of rotatable bonds is 6. The minimum absolute atomic E-state index is 0.0151. The van der Waals surface area contributed by atoms with Crippen molar-refractivity contribution in [3.63, 3.8) is 0 Å². The van der Waals surface area contributed by atoms with Crippen molar-refractivity contribution in [3.8, 4) is 11.1 Å². The summed E-state index contributed by atoms with van der Waals surface area (Å²) in [7, 11) is 0. The Morgan fingerprint density at radius 3 is 2.29 bits per heavy atom. The predicted molar refractivity (Wildman–Crippen MR) is 124 cm³/mol. The van der Waals surface area contributed by atoms with Gasteiger partial charge in [0.15, 0.2) is 5.65 Å². The Hall–Kier alpha value is -3.47. The molecule has 31 heavy (non-hydrogen) atoms. The van der Waals surface area contributed by atoms with E-state index in [1.54, 1.807) is 0 Å². The molecule has 0 spiro atoms. The highest BCUT2D eigenvalue weighted by atomic mass is 16.1. The molecular formula is C26H28N4O. The van der Waals surface area contributed by atoms with E-state index in [1.165, 1.54) is 0 Å². The topological polar surface area (TPSA) is 59.3 Å². The first-order chi connectivity index (χ1) is 15.0. The second kappa shape index (κ2) is 8.72. The number of carbonyl (C=O) groups excluding carboxylic acids is 1. The van der Waals surface area contributed by atoms with Gasteiger partial charge in [0.1, 0.15) is 0 Å². The van der Waals surface area contributed by atoms with Gasteiger partial charge in [-0.05, 0) is 50.8 Å². The van der Waals surface area contributed by atoms with Crippen molar-refractivity contribution in [2.75, 3.05) is 0 Å². The number of nitrogens with zero attached hydrogens (tertiary/aromatic N) is 3. The van der Waals surface area contributed by atoms with Crippen LogP contribution in [0.2, 0.25) is 0 Å². The number of nitrogens with one attached hydrogen (secondary N) is 1. The number of amides is 1. The smallest absolute Gasteiger partial charge is 0.220 e. The summed E-state index contributed by atoms with van der Waals surface area (Å²) in [6.45, 7) is 8.10. The van der Waals surface area contributed by atoms with Crippen LogP contribution in [0.1, 0.15) is 47.6 Å². The molecule has 1 N–H and O–H groups in total. The zero-order chi connectivity index (χ0) is 22.0. The average Bonchev–Trinajstić information content (AvgIpc) is 3.10. The Kier molecular flexibility index (Phi) is 5.85. The standard InChI is InChI=1S/C26H28N4O/c1-17(21-11-7-5-8-12-21)27-24(31)16-15-23-18(2)28-26-25(22-13-9-6-10-14-22)19(3)29-30(26)20(23)4/h5-14,17H,15-16H2,1-4H3,(H,27,31). The SMILES string of the molecule is Cc1nc2c(-c3ccccc3)c(C)nn2c(C)c1CCC(=O)NC(C)c1ccccc1. The van der Waals surface area contributed by atoms with Crippen LogP contribution in [0, 0.1) is 20.8 Å². The highest BCUT2D eigenvalue weighted by Crippen LogP contribution is 2.29. The maximum Gasteiger partial charge on any atom is 0.220 e. The van der Waals surface area contributed by atoms with Gasteiger partial charge in [-0.1, -0.05) is 60.7 Å². The minimum atomic E-state index is -0.0151. The van der Waals surface area contributed by atoms with E-state index in [1.807, 2.05) is 73.8 Å². The fraction of sp³-hybridized carbons (Fsp3) is 0.269. The number of benzene rings is 2. The third kappa shape index (κ3) is 4.22. The summed E-state index contributed by atoms with van der Waals surface area (Å²) >= 11 is 0. The van der Waals surface area contributed by atoms with Crippen LogP contribution in [0.4, 0.5) is 0 Å². The lowest BCUT2D eigenvalue weighted by Crippen LogP contribution is -2.27. The molecule has 1 atom stereocenters. The van der Waals surface area contributed by atoms with Gasteiger partial charge in [0, 0.05) is 23.4 Å². The van der Waals surface area contributed by atoms with E-state index in [0.717, 1.165) is 45.0 Å². The molecular weight excluding hydrogens is 384 g/mol. The Balaban J connectivity index is 1.55. The van der Waals surface area contributed by atoms with Crippen LogP contribution in [0.3, 0.4) is 0 Å². The summed E-state index contributed by atoms with van der Waals surface area (Å²) < 4.78 is 1.92. The van der Waals surface area contributed by atoms with Crippen LogP contribution < -0.4 is 5.32 Å². The van der Waals surface area contributed by atoms with Crippen molar-refractivity contribution < 1.29 is 4.79 Å². The molecule has 5 nitrogen and oxygen atoms in total. The molecule has 0 radical (unpaired) electrons. The monoisotopic (exact) mass is 412 g/mol. The average molecular weight is 413 g/mol. The number of hydrogen-bond acceptors (Lipinski definition) is 3. The number of hydrogen-bond donors (Lipinski definition) is 1. The fourth-order valence-corrected chi connectivity index (χ4v) is 4.15. The molecule has 1 unspecified atom stereocenters. The molecule has 5 heteroatoms. The maximum absolute atomic E-state index is 12.6. The van der Waals surface area contributed by atoms with E-state index in [0.29, 0.717) is 12.8 Å². The van der Waals surface area contributed by atoms with Gasteiger partial charge < -0.3 is 5.32 Å². The van der Waals surface area contributed by atoms with Gasteiger partial charge >= 0.3 is 0 Å². The minimum Gasteiger partial charge on any atom is -0.350 e. The van der Waals surface area contributed by atoms with Gasteiger partial charge in [0.05, 0.1) is 11.7 Å². The Bertz CT molecular complexity index is 1210. The highest BCUT2D eigenvalue weighted by Gasteiger charge is 2.18. The fourth-order valence-electron chi connectivity index (χ4n) is 4.15. The van der Waals surface area contributed by atoms with Crippen LogP contribution in [0.5, 0.6) is 0 Å². The van der Waals surface area contributed by atoms with Crippen molar-refractivity contribution in [1.29, 1.82) is 0 Å². The summed E-state index contributed by atoms with van der Waals surface area (Å²) in [5, 5.41) is 7.86. The molecule has 4 rings (SSSR count). The number of aryl methyl sites for hydroxylation is 3. The summed E-state index contributed by atoms with van der Waals surface area (Å²) in [5.41, 5.74) is 8.17. The Morgan fingerprint density at radius 2 is 1.61 bits per heavy atom. The maximum atomic E-state index is 12.6. The lowest BCUT2D eigenvalue weighted by Gasteiger charge is -2.15. The van der Waals surface area contributed by atoms with E-state index >= 15 is 0 Å². The molecule has 2 heterocycles. The lowest BCUT2D eigenvalue weighted by atomic mass is 10.0. The molecule has 0 saturated carbocycles. The molecule has 0 bridgehead atoms. The molecule has 1 amide bonds. The first-order valence-corrected chi connectivity index (χ1v) is 10.7. The van der Waals surface area contributed by atoms with Gasteiger partial charge in [-0.25, -0.2) is 9.50 Å². The zero-order valence-electron chi connectivity index (χ0n) is 18.5. The van der Waals surface area contributed by atoms with Gasteiger partial charge in [0.25, 0.3) is 0 Å². The number of carbonyl (C=O) groups is 1. The van der Waals surface area contributed by atoms with Gasteiger partial charge in [-0.15, -0.1) is 0 Å². The molecule has 2 aromatic carbocycles. The summed E-state index contributed by atoms with van der Waals surface area (Å²) in [6.07, 6.45) is 1.05. The Labute approximate surface area is 183 Å². The van der Waals surface area contributed by atoms with Gasteiger partial charge in [-0.3, -0.25) is 4.79 Å². The van der Waals surface area contributed by atoms with Gasteiger partial charge in [0.2, 0.25) is 5.91 Å². The predicted octanol–water partition coefficient (Wildman–Crippen LogP) is 5.13. The van der Waals surface area contributed by atoms with E-state index in [9.17, 15) is 4.79 Å². The van der Waals surface area contributed by atoms with Crippen molar-refractivity contribution in [1.82, 2.24) is 19.9 Å². The van der Waals surface area contributed by atoms with Crippen molar-refractivity contribution in [3.05, 3.63) is 88.9 Å². The van der Waals surface area contributed by atoms with E-state index in [4.69, 9.17) is 10.1 Å². The van der Waals surface area contributed by atoms with Crippen molar-refractivity contribution in [2.24, 2.45) is 0 Å². The molecule has 0 aliphatic carbocycles. The third-order valence-electron chi connectivity index (χ3n) is 5.84. The van der Waals surface area contributed by atoms with E-state index in [-0.39, 0.29) is 11.9 Å². The number of fused-ring (bicyclic) bond motifs is 1. The molecule has 4 aromatic rings. The molecule has 0 aliphatic heterocycles. The molecule has 0 aliphatic rings.